The van der Waals surface area contributed by atoms with Gasteiger partial charge in [0.25, 0.3) is 0 Å². The molecule has 1 aliphatic carbocycles. The lowest BCUT2D eigenvalue weighted by Crippen LogP contribution is -2.22. The largest absolute Gasteiger partial charge is 0.310 e. The molecule has 0 saturated carbocycles. The lowest BCUT2D eigenvalue weighted by molar-refractivity contribution is 0.525. The fraction of sp³-hybridized carbons (Fsp3) is 0.556. The van der Waals surface area contributed by atoms with Crippen molar-refractivity contribution in [3.8, 4) is 0 Å². The molecule has 1 N–H and O–H groups in total. The summed E-state index contributed by atoms with van der Waals surface area (Å²) >= 11 is 0. The first-order valence-electron chi connectivity index (χ1n) is 7.69. The van der Waals surface area contributed by atoms with Crippen LogP contribution >= 0.6 is 0 Å². The quantitative estimate of drug-likeness (QED) is 0.744. The van der Waals surface area contributed by atoms with Crippen molar-refractivity contribution >= 4 is 0 Å². The van der Waals surface area contributed by atoms with Gasteiger partial charge in [0.15, 0.2) is 0 Å². The summed E-state index contributed by atoms with van der Waals surface area (Å²) in [5.74, 6) is 0. The van der Waals surface area contributed by atoms with Crippen LogP contribution in [0, 0.1) is 13.8 Å². The first-order chi connectivity index (χ1) is 9.22. The van der Waals surface area contributed by atoms with Crippen molar-refractivity contribution in [3.63, 3.8) is 0 Å². The minimum atomic E-state index is 0.481. The van der Waals surface area contributed by atoms with Crippen molar-refractivity contribution in [2.24, 2.45) is 0 Å². The summed E-state index contributed by atoms with van der Waals surface area (Å²) in [6.07, 6.45) is 8.97. The molecular formula is C18H27N. The van der Waals surface area contributed by atoms with Gasteiger partial charge in [-0.1, -0.05) is 36.8 Å². The Balaban J connectivity index is 2.19. The van der Waals surface area contributed by atoms with E-state index in [1.807, 2.05) is 0 Å². The highest BCUT2D eigenvalue weighted by molar-refractivity contribution is 5.36. The van der Waals surface area contributed by atoms with Crippen LogP contribution < -0.4 is 5.32 Å². The van der Waals surface area contributed by atoms with Crippen molar-refractivity contribution in [2.45, 2.75) is 58.9 Å². The zero-order valence-corrected chi connectivity index (χ0v) is 12.6. The van der Waals surface area contributed by atoms with Crippen molar-refractivity contribution < 1.29 is 0 Å². The number of aryl methyl sites for hydroxylation is 1. The Labute approximate surface area is 118 Å². The molecule has 0 aliphatic heterocycles. The SMILES string of the molecule is CCNC(CC1=CCCCC1)c1cccc(C)c1C. The van der Waals surface area contributed by atoms with Crippen LogP contribution in [0.4, 0.5) is 0 Å². The Morgan fingerprint density at radius 3 is 2.74 bits per heavy atom. The topological polar surface area (TPSA) is 12.0 Å². The molecule has 104 valence electrons. The van der Waals surface area contributed by atoms with Gasteiger partial charge in [-0.3, -0.25) is 0 Å². The van der Waals surface area contributed by atoms with E-state index in [9.17, 15) is 0 Å². The van der Waals surface area contributed by atoms with Crippen LogP contribution in [-0.4, -0.2) is 6.54 Å². The molecule has 0 saturated heterocycles. The van der Waals surface area contributed by atoms with Gasteiger partial charge < -0.3 is 5.32 Å². The maximum atomic E-state index is 3.67. The van der Waals surface area contributed by atoms with E-state index in [1.165, 1.54) is 48.8 Å². The van der Waals surface area contributed by atoms with E-state index in [4.69, 9.17) is 0 Å². The van der Waals surface area contributed by atoms with Crippen molar-refractivity contribution in [3.05, 3.63) is 46.5 Å². The highest BCUT2D eigenvalue weighted by atomic mass is 14.9. The van der Waals surface area contributed by atoms with Gasteiger partial charge in [0.1, 0.15) is 0 Å². The molecule has 0 spiro atoms. The smallest absolute Gasteiger partial charge is 0.0360 e. The zero-order chi connectivity index (χ0) is 13.7. The minimum Gasteiger partial charge on any atom is -0.310 e. The van der Waals surface area contributed by atoms with Crippen LogP contribution in [0.3, 0.4) is 0 Å². The number of allylic oxidation sites excluding steroid dienone is 1. The molecule has 1 unspecified atom stereocenters. The molecule has 0 fully saturated rings. The van der Waals surface area contributed by atoms with E-state index in [2.05, 4.69) is 50.4 Å². The van der Waals surface area contributed by atoms with Crippen LogP contribution in [0.15, 0.2) is 29.8 Å². The third-order valence-electron chi connectivity index (χ3n) is 4.32. The minimum absolute atomic E-state index is 0.481. The second kappa shape index (κ2) is 6.91. The molecular weight excluding hydrogens is 230 g/mol. The number of hydrogen-bond acceptors (Lipinski definition) is 1. The molecule has 1 aliphatic rings. The Bertz CT molecular complexity index is 445. The molecule has 1 aromatic rings. The van der Waals surface area contributed by atoms with E-state index in [0.717, 1.165) is 6.54 Å². The summed E-state index contributed by atoms with van der Waals surface area (Å²) in [7, 11) is 0. The van der Waals surface area contributed by atoms with Crippen molar-refractivity contribution in [2.75, 3.05) is 6.54 Å². The van der Waals surface area contributed by atoms with Gasteiger partial charge in [0.05, 0.1) is 0 Å². The number of nitrogens with one attached hydrogen (secondary N) is 1. The van der Waals surface area contributed by atoms with Gasteiger partial charge in [-0.25, -0.2) is 0 Å². The van der Waals surface area contributed by atoms with E-state index in [0.29, 0.717) is 6.04 Å². The summed E-state index contributed by atoms with van der Waals surface area (Å²) in [5, 5.41) is 3.67. The summed E-state index contributed by atoms with van der Waals surface area (Å²) < 4.78 is 0. The van der Waals surface area contributed by atoms with Crippen LogP contribution in [0.25, 0.3) is 0 Å². The van der Waals surface area contributed by atoms with Gasteiger partial charge >= 0.3 is 0 Å². The predicted molar refractivity (Wildman–Crippen MR) is 83.5 cm³/mol. The number of hydrogen-bond donors (Lipinski definition) is 1. The highest BCUT2D eigenvalue weighted by Crippen LogP contribution is 2.29. The summed E-state index contributed by atoms with van der Waals surface area (Å²) in [5.41, 5.74) is 5.98. The Morgan fingerprint density at radius 2 is 2.05 bits per heavy atom. The molecule has 1 heteroatoms. The third kappa shape index (κ3) is 3.70. The Morgan fingerprint density at radius 1 is 1.21 bits per heavy atom. The zero-order valence-electron chi connectivity index (χ0n) is 12.6. The Kier molecular flexibility index (Phi) is 5.21. The summed E-state index contributed by atoms with van der Waals surface area (Å²) in [6.45, 7) is 7.70. The van der Waals surface area contributed by atoms with Crippen molar-refractivity contribution in [1.29, 1.82) is 0 Å². The lowest BCUT2D eigenvalue weighted by Gasteiger charge is -2.24. The molecule has 19 heavy (non-hydrogen) atoms. The average Bonchev–Trinajstić information content (AvgIpc) is 2.43. The Hall–Kier alpha value is -1.08. The van der Waals surface area contributed by atoms with Gasteiger partial charge in [-0.2, -0.15) is 0 Å². The van der Waals surface area contributed by atoms with E-state index >= 15 is 0 Å². The van der Waals surface area contributed by atoms with Crippen LogP contribution in [-0.2, 0) is 0 Å². The van der Waals surface area contributed by atoms with E-state index in [-0.39, 0.29) is 0 Å². The molecule has 0 radical (unpaired) electrons. The standard InChI is InChI=1S/C18H27N/c1-4-19-18(13-16-10-6-5-7-11-16)17-12-8-9-14(2)15(17)3/h8-10,12,18-19H,4-7,11,13H2,1-3H3. The molecule has 0 bridgehead atoms. The molecule has 0 amide bonds. The van der Waals surface area contributed by atoms with E-state index in [1.54, 1.807) is 5.57 Å². The molecule has 2 rings (SSSR count). The fourth-order valence-electron chi connectivity index (χ4n) is 3.04. The first kappa shape index (κ1) is 14.3. The first-order valence-corrected chi connectivity index (χ1v) is 7.69. The molecule has 0 aromatic heterocycles. The molecule has 1 nitrogen and oxygen atoms in total. The second-order valence-electron chi connectivity index (χ2n) is 5.71. The number of rotatable bonds is 5. The van der Waals surface area contributed by atoms with Crippen molar-refractivity contribution in [1.82, 2.24) is 5.32 Å². The van der Waals surface area contributed by atoms with Gasteiger partial charge in [0, 0.05) is 6.04 Å². The van der Waals surface area contributed by atoms with Crippen LogP contribution in [0.1, 0.15) is 61.8 Å². The normalized spacial score (nSPS) is 17.1. The second-order valence-corrected chi connectivity index (χ2v) is 5.71. The van der Waals surface area contributed by atoms with Gasteiger partial charge in [-0.15, -0.1) is 0 Å². The lowest BCUT2D eigenvalue weighted by atomic mass is 9.89. The van der Waals surface area contributed by atoms with Gasteiger partial charge in [0.2, 0.25) is 0 Å². The molecule has 1 aromatic carbocycles. The summed E-state index contributed by atoms with van der Waals surface area (Å²) in [4.78, 5) is 0. The van der Waals surface area contributed by atoms with Crippen LogP contribution in [0.2, 0.25) is 0 Å². The molecule has 1 atom stereocenters. The maximum Gasteiger partial charge on any atom is 0.0360 e. The highest BCUT2D eigenvalue weighted by Gasteiger charge is 2.16. The average molecular weight is 257 g/mol. The molecule has 0 heterocycles. The third-order valence-corrected chi connectivity index (χ3v) is 4.32. The van der Waals surface area contributed by atoms with Crippen LogP contribution in [0.5, 0.6) is 0 Å². The van der Waals surface area contributed by atoms with E-state index < -0.39 is 0 Å². The monoisotopic (exact) mass is 257 g/mol. The summed E-state index contributed by atoms with van der Waals surface area (Å²) in [6, 6.07) is 7.17. The predicted octanol–water partition coefficient (Wildman–Crippen LogP) is 4.84. The van der Waals surface area contributed by atoms with Gasteiger partial charge in [-0.05, 0) is 69.2 Å². The number of benzene rings is 1. The fourth-order valence-corrected chi connectivity index (χ4v) is 3.04. The maximum absolute atomic E-state index is 3.67.